The molecule has 1 heterocycles. The van der Waals surface area contributed by atoms with Gasteiger partial charge in [0.05, 0.1) is 4.92 Å². The van der Waals surface area contributed by atoms with Crippen molar-refractivity contribution in [3.63, 3.8) is 0 Å². The van der Waals surface area contributed by atoms with Gasteiger partial charge in [0.1, 0.15) is 6.20 Å². The van der Waals surface area contributed by atoms with Crippen LogP contribution in [0.5, 0.6) is 0 Å². The summed E-state index contributed by atoms with van der Waals surface area (Å²) in [7, 11) is 1.63. The van der Waals surface area contributed by atoms with E-state index in [-0.39, 0.29) is 11.5 Å². The van der Waals surface area contributed by atoms with Crippen molar-refractivity contribution in [1.29, 1.82) is 0 Å². The minimum atomic E-state index is -0.544. The van der Waals surface area contributed by atoms with Crippen LogP contribution in [0.25, 0.3) is 0 Å². The molecule has 0 saturated heterocycles. The monoisotopic (exact) mass is 279 g/mol. The third kappa shape index (κ3) is 3.08. The second-order valence-electron chi connectivity index (χ2n) is 3.57. The van der Waals surface area contributed by atoms with E-state index in [1.807, 2.05) is 0 Å². The summed E-state index contributed by atoms with van der Waals surface area (Å²) in [6.07, 6.45) is 1.15. The highest BCUT2D eigenvalue weighted by molar-refractivity contribution is 6.30. The molecule has 2 aromatic rings. The molecule has 0 aliphatic rings. The van der Waals surface area contributed by atoms with E-state index in [1.54, 1.807) is 31.3 Å². The van der Waals surface area contributed by atoms with Crippen molar-refractivity contribution in [3.8, 4) is 0 Å². The van der Waals surface area contributed by atoms with E-state index < -0.39 is 4.92 Å². The van der Waals surface area contributed by atoms with E-state index in [0.717, 1.165) is 6.20 Å². The van der Waals surface area contributed by atoms with E-state index in [0.29, 0.717) is 16.7 Å². The highest BCUT2D eigenvalue weighted by atomic mass is 35.5. The van der Waals surface area contributed by atoms with E-state index >= 15 is 0 Å². The zero-order chi connectivity index (χ0) is 13.8. The first-order valence-corrected chi connectivity index (χ1v) is 5.69. The van der Waals surface area contributed by atoms with Crippen LogP contribution < -0.4 is 10.6 Å². The fourth-order valence-corrected chi connectivity index (χ4v) is 1.52. The quantitative estimate of drug-likeness (QED) is 0.660. The second kappa shape index (κ2) is 5.49. The maximum atomic E-state index is 10.9. The maximum Gasteiger partial charge on any atom is 0.329 e. The van der Waals surface area contributed by atoms with Crippen LogP contribution in [0.15, 0.2) is 30.5 Å². The van der Waals surface area contributed by atoms with Crippen LogP contribution in [-0.2, 0) is 0 Å². The normalized spacial score (nSPS) is 10.0. The lowest BCUT2D eigenvalue weighted by atomic mass is 10.3. The van der Waals surface area contributed by atoms with Crippen LogP contribution in [0.2, 0.25) is 5.02 Å². The Morgan fingerprint density at radius 1 is 1.32 bits per heavy atom. The summed E-state index contributed by atoms with van der Waals surface area (Å²) in [5.74, 6) is 0.411. The van der Waals surface area contributed by atoms with E-state index in [4.69, 9.17) is 11.6 Å². The average molecular weight is 280 g/mol. The standard InChI is InChI=1S/C11H10ClN5O2/c1-13-11-14-6-9(17(18)19)10(16-11)15-8-4-2-7(12)3-5-8/h2-6H,1H3,(H2,13,14,15,16). The van der Waals surface area contributed by atoms with Crippen molar-refractivity contribution in [3.05, 3.63) is 45.6 Å². The number of benzene rings is 1. The van der Waals surface area contributed by atoms with Crippen molar-refractivity contribution >= 4 is 34.7 Å². The molecule has 0 saturated carbocycles. The Bertz CT molecular complexity index is 603. The van der Waals surface area contributed by atoms with Gasteiger partial charge in [0.25, 0.3) is 0 Å². The lowest BCUT2D eigenvalue weighted by molar-refractivity contribution is -0.384. The molecule has 0 fully saturated rings. The van der Waals surface area contributed by atoms with Gasteiger partial charge in [-0.25, -0.2) is 4.98 Å². The molecule has 0 atom stereocenters. The summed E-state index contributed by atoms with van der Waals surface area (Å²) in [6, 6.07) is 6.76. The molecule has 1 aromatic heterocycles. The first kappa shape index (κ1) is 13.0. The molecule has 19 heavy (non-hydrogen) atoms. The van der Waals surface area contributed by atoms with Crippen LogP contribution in [0, 0.1) is 10.1 Å². The fourth-order valence-electron chi connectivity index (χ4n) is 1.39. The molecule has 0 spiro atoms. The second-order valence-corrected chi connectivity index (χ2v) is 4.00. The molecule has 0 bridgehead atoms. The first-order chi connectivity index (χ1) is 9.10. The topological polar surface area (TPSA) is 93.0 Å². The molecule has 0 aliphatic carbocycles. The largest absolute Gasteiger partial charge is 0.357 e. The van der Waals surface area contributed by atoms with Crippen LogP contribution in [-0.4, -0.2) is 21.9 Å². The van der Waals surface area contributed by atoms with Crippen molar-refractivity contribution in [1.82, 2.24) is 9.97 Å². The highest BCUT2D eigenvalue weighted by Crippen LogP contribution is 2.26. The van der Waals surface area contributed by atoms with Crippen molar-refractivity contribution in [2.75, 3.05) is 17.7 Å². The summed E-state index contributed by atoms with van der Waals surface area (Å²) in [5, 5.41) is 17.1. The summed E-state index contributed by atoms with van der Waals surface area (Å²) in [4.78, 5) is 18.2. The smallest absolute Gasteiger partial charge is 0.329 e. The Labute approximate surface area is 113 Å². The Morgan fingerprint density at radius 3 is 2.58 bits per heavy atom. The number of halogens is 1. The minimum absolute atomic E-state index is 0.117. The van der Waals surface area contributed by atoms with Gasteiger partial charge >= 0.3 is 5.69 Å². The van der Waals surface area contributed by atoms with Gasteiger partial charge in [-0.05, 0) is 24.3 Å². The number of hydrogen-bond acceptors (Lipinski definition) is 6. The van der Waals surface area contributed by atoms with Gasteiger partial charge in [0.15, 0.2) is 0 Å². The molecule has 0 radical (unpaired) electrons. The third-order valence-corrected chi connectivity index (χ3v) is 2.55. The number of hydrogen-bond donors (Lipinski definition) is 2. The SMILES string of the molecule is CNc1ncc([N+](=O)[O-])c(Nc2ccc(Cl)cc2)n1. The van der Waals surface area contributed by atoms with Gasteiger partial charge in [-0.15, -0.1) is 0 Å². The van der Waals surface area contributed by atoms with E-state index in [1.165, 1.54) is 0 Å². The zero-order valence-electron chi connectivity index (χ0n) is 9.92. The predicted octanol–water partition coefficient (Wildman–Crippen LogP) is 2.82. The van der Waals surface area contributed by atoms with Crippen molar-refractivity contribution in [2.24, 2.45) is 0 Å². The summed E-state index contributed by atoms with van der Waals surface area (Å²) >= 11 is 5.77. The number of rotatable bonds is 4. The van der Waals surface area contributed by atoms with Gasteiger partial charge in [0.2, 0.25) is 11.8 Å². The van der Waals surface area contributed by atoms with Crippen molar-refractivity contribution < 1.29 is 4.92 Å². The average Bonchev–Trinajstić information content (AvgIpc) is 2.41. The molecular weight excluding hydrogens is 270 g/mol. The number of nitrogens with zero attached hydrogens (tertiary/aromatic N) is 3. The lowest BCUT2D eigenvalue weighted by Gasteiger charge is -2.07. The van der Waals surface area contributed by atoms with Gasteiger partial charge in [-0.2, -0.15) is 4.98 Å². The van der Waals surface area contributed by atoms with Crippen LogP contribution >= 0.6 is 11.6 Å². The van der Waals surface area contributed by atoms with Gasteiger partial charge in [-0.1, -0.05) is 11.6 Å². The Hall–Kier alpha value is -2.41. The maximum absolute atomic E-state index is 10.9. The Kier molecular flexibility index (Phi) is 3.76. The minimum Gasteiger partial charge on any atom is -0.357 e. The molecule has 2 N–H and O–H groups in total. The van der Waals surface area contributed by atoms with Gasteiger partial charge < -0.3 is 10.6 Å². The molecule has 0 aliphatic heterocycles. The summed E-state index contributed by atoms with van der Waals surface area (Å²) in [5.41, 5.74) is 0.446. The third-order valence-electron chi connectivity index (χ3n) is 2.30. The molecule has 98 valence electrons. The highest BCUT2D eigenvalue weighted by Gasteiger charge is 2.17. The van der Waals surface area contributed by atoms with Crippen LogP contribution in [0.4, 0.5) is 23.1 Å². The summed E-state index contributed by atoms with van der Waals surface area (Å²) in [6.45, 7) is 0. The lowest BCUT2D eigenvalue weighted by Crippen LogP contribution is -2.04. The Morgan fingerprint density at radius 2 is 2.00 bits per heavy atom. The fraction of sp³-hybridized carbons (Fsp3) is 0.0909. The van der Waals surface area contributed by atoms with Gasteiger partial charge in [-0.3, -0.25) is 10.1 Å². The van der Waals surface area contributed by atoms with Gasteiger partial charge in [0, 0.05) is 17.8 Å². The molecule has 7 nitrogen and oxygen atoms in total. The molecule has 2 rings (SSSR count). The predicted molar refractivity (Wildman–Crippen MR) is 73.0 cm³/mol. The molecule has 0 amide bonds. The zero-order valence-corrected chi connectivity index (χ0v) is 10.7. The molecule has 0 unspecified atom stereocenters. The number of anilines is 3. The summed E-state index contributed by atoms with van der Waals surface area (Å²) < 4.78 is 0. The number of nitro groups is 1. The number of aromatic nitrogens is 2. The Balaban J connectivity index is 2.36. The van der Waals surface area contributed by atoms with E-state index in [2.05, 4.69) is 20.6 Å². The first-order valence-electron chi connectivity index (χ1n) is 5.32. The van der Waals surface area contributed by atoms with Crippen molar-refractivity contribution in [2.45, 2.75) is 0 Å². The molecule has 1 aromatic carbocycles. The number of nitrogens with one attached hydrogen (secondary N) is 2. The van der Waals surface area contributed by atoms with Crippen LogP contribution in [0.3, 0.4) is 0 Å². The molecule has 8 heteroatoms. The molecular formula is C11H10ClN5O2. The van der Waals surface area contributed by atoms with E-state index in [9.17, 15) is 10.1 Å². The van der Waals surface area contributed by atoms with Crippen LogP contribution in [0.1, 0.15) is 0 Å².